The van der Waals surface area contributed by atoms with E-state index in [1.807, 2.05) is 41.1 Å². The van der Waals surface area contributed by atoms with E-state index in [-0.39, 0.29) is 12.1 Å². The zero-order valence-corrected chi connectivity index (χ0v) is 20.5. The maximum atomic E-state index is 13.0. The molecule has 0 spiro atoms. The highest BCUT2D eigenvalue weighted by molar-refractivity contribution is 6.30. The van der Waals surface area contributed by atoms with Crippen molar-refractivity contribution in [3.05, 3.63) is 53.3 Å². The Balaban J connectivity index is 1.20. The van der Waals surface area contributed by atoms with Crippen LogP contribution in [-0.2, 0) is 6.18 Å². The van der Waals surface area contributed by atoms with E-state index in [9.17, 15) is 18.0 Å². The Morgan fingerprint density at radius 3 is 2.37 bits per heavy atom. The summed E-state index contributed by atoms with van der Waals surface area (Å²) in [6.07, 6.45) is 0.116. The molecule has 2 aliphatic heterocycles. The first-order chi connectivity index (χ1) is 16.7. The predicted molar refractivity (Wildman–Crippen MR) is 132 cm³/mol. The second-order valence-corrected chi connectivity index (χ2v) is 9.84. The van der Waals surface area contributed by atoms with E-state index in [1.54, 1.807) is 6.07 Å². The van der Waals surface area contributed by atoms with Crippen molar-refractivity contribution in [2.24, 2.45) is 5.92 Å². The molecule has 0 saturated carbocycles. The SMILES string of the molecule is CN(CC1CCN(c2ccc(Cl)cc2)CC1)C(=O)N1CCC(Nc2ccnc(C(F)(F)F)c2)CC1. The number of pyridine rings is 1. The number of amides is 2. The second kappa shape index (κ2) is 10.9. The van der Waals surface area contributed by atoms with E-state index in [1.165, 1.54) is 11.9 Å². The van der Waals surface area contributed by atoms with Crippen LogP contribution in [0.3, 0.4) is 0 Å². The molecule has 2 fully saturated rings. The molecule has 0 unspecified atom stereocenters. The fraction of sp³-hybridized carbons (Fsp3) is 0.520. The number of urea groups is 1. The third-order valence-corrected chi connectivity index (χ3v) is 7.10. The molecule has 2 aromatic rings. The molecular weight excluding hydrogens is 479 g/mol. The number of aromatic nitrogens is 1. The Morgan fingerprint density at radius 1 is 1.09 bits per heavy atom. The number of likely N-dealkylation sites (tertiary alicyclic amines) is 1. The molecule has 0 atom stereocenters. The van der Waals surface area contributed by atoms with Crippen LogP contribution < -0.4 is 10.2 Å². The first-order valence-electron chi connectivity index (χ1n) is 12.0. The van der Waals surface area contributed by atoms with Gasteiger partial charge >= 0.3 is 12.2 Å². The summed E-state index contributed by atoms with van der Waals surface area (Å²) in [6.45, 7) is 3.79. The van der Waals surface area contributed by atoms with Gasteiger partial charge in [-0.2, -0.15) is 13.2 Å². The van der Waals surface area contributed by atoms with Crippen LogP contribution in [0, 0.1) is 5.92 Å². The van der Waals surface area contributed by atoms with Gasteiger partial charge in [0, 0.05) is 68.4 Å². The third-order valence-electron chi connectivity index (χ3n) is 6.85. The number of anilines is 2. The first-order valence-corrected chi connectivity index (χ1v) is 12.4. The molecule has 0 bridgehead atoms. The van der Waals surface area contributed by atoms with Gasteiger partial charge in [-0.3, -0.25) is 4.98 Å². The lowest BCUT2D eigenvalue weighted by Gasteiger charge is -2.38. The Morgan fingerprint density at radius 2 is 1.74 bits per heavy atom. The summed E-state index contributed by atoms with van der Waals surface area (Å²) in [5.41, 5.74) is 0.671. The van der Waals surface area contributed by atoms with E-state index in [4.69, 9.17) is 11.6 Å². The molecule has 2 saturated heterocycles. The van der Waals surface area contributed by atoms with Crippen LogP contribution in [0.2, 0.25) is 5.02 Å². The summed E-state index contributed by atoms with van der Waals surface area (Å²) in [4.78, 5) is 22.4. The number of rotatable bonds is 5. The Labute approximate surface area is 209 Å². The number of nitrogens with zero attached hydrogens (tertiary/aromatic N) is 4. The predicted octanol–water partition coefficient (Wildman–Crippen LogP) is 5.60. The van der Waals surface area contributed by atoms with Gasteiger partial charge in [0.15, 0.2) is 0 Å². The van der Waals surface area contributed by atoms with Crippen molar-refractivity contribution in [1.29, 1.82) is 0 Å². The summed E-state index contributed by atoms with van der Waals surface area (Å²) in [6, 6.07) is 10.5. The first kappa shape index (κ1) is 25.4. The van der Waals surface area contributed by atoms with Crippen LogP contribution in [0.5, 0.6) is 0 Å². The van der Waals surface area contributed by atoms with Gasteiger partial charge in [-0.1, -0.05) is 11.6 Å². The highest BCUT2D eigenvalue weighted by atomic mass is 35.5. The third kappa shape index (κ3) is 6.72. The normalized spacial score (nSPS) is 18.0. The molecule has 4 rings (SSSR count). The summed E-state index contributed by atoms with van der Waals surface area (Å²) < 4.78 is 38.7. The van der Waals surface area contributed by atoms with Gasteiger partial charge in [0.1, 0.15) is 5.69 Å². The number of piperidine rings is 2. The molecule has 6 nitrogen and oxygen atoms in total. The number of hydrogen-bond acceptors (Lipinski definition) is 4. The fourth-order valence-corrected chi connectivity index (χ4v) is 4.98. The van der Waals surface area contributed by atoms with E-state index >= 15 is 0 Å². The molecule has 1 aromatic carbocycles. The van der Waals surface area contributed by atoms with Crippen molar-refractivity contribution in [3.63, 3.8) is 0 Å². The summed E-state index contributed by atoms with van der Waals surface area (Å²) in [7, 11) is 1.86. The van der Waals surface area contributed by atoms with Crippen LogP contribution >= 0.6 is 11.6 Å². The van der Waals surface area contributed by atoms with E-state index in [0.717, 1.165) is 43.6 Å². The second-order valence-electron chi connectivity index (χ2n) is 9.40. The van der Waals surface area contributed by atoms with Gasteiger partial charge in [0.2, 0.25) is 0 Å². The molecule has 10 heteroatoms. The standard InChI is InChI=1S/C25H31ClF3N5O/c1-32(17-18-7-12-33(13-8-18)22-4-2-19(26)3-5-22)24(35)34-14-9-20(10-15-34)31-21-6-11-30-23(16-21)25(27,28)29/h2-6,11,16,18,20H,7-10,12-15,17H2,1H3,(H,30,31). The van der Waals surface area contributed by atoms with Crippen molar-refractivity contribution in [2.45, 2.75) is 37.9 Å². The van der Waals surface area contributed by atoms with Gasteiger partial charge < -0.3 is 20.0 Å². The monoisotopic (exact) mass is 509 g/mol. The molecule has 35 heavy (non-hydrogen) atoms. The van der Waals surface area contributed by atoms with Crippen LogP contribution in [0.4, 0.5) is 29.3 Å². The van der Waals surface area contributed by atoms with Gasteiger partial charge in [0.05, 0.1) is 0 Å². The molecule has 2 amide bonds. The maximum absolute atomic E-state index is 13.0. The lowest BCUT2D eigenvalue weighted by atomic mass is 9.96. The molecule has 2 aliphatic rings. The minimum Gasteiger partial charge on any atom is -0.382 e. The minimum absolute atomic E-state index is 0.0186. The van der Waals surface area contributed by atoms with E-state index in [0.29, 0.717) is 37.5 Å². The minimum atomic E-state index is -4.47. The zero-order chi connectivity index (χ0) is 25.0. The fourth-order valence-electron chi connectivity index (χ4n) is 4.86. The Kier molecular flexibility index (Phi) is 7.94. The highest BCUT2D eigenvalue weighted by Crippen LogP contribution is 2.30. The lowest BCUT2D eigenvalue weighted by Crippen LogP contribution is -2.49. The molecule has 190 valence electrons. The average Bonchev–Trinajstić information content (AvgIpc) is 2.85. The molecule has 0 radical (unpaired) electrons. The number of alkyl halides is 3. The average molecular weight is 510 g/mol. The highest BCUT2D eigenvalue weighted by Gasteiger charge is 2.33. The van der Waals surface area contributed by atoms with Gasteiger partial charge in [-0.05, 0) is 68.0 Å². The maximum Gasteiger partial charge on any atom is 0.433 e. The van der Waals surface area contributed by atoms with Crippen LogP contribution in [0.25, 0.3) is 0 Å². The van der Waals surface area contributed by atoms with E-state index in [2.05, 4.69) is 15.2 Å². The van der Waals surface area contributed by atoms with Crippen LogP contribution in [0.1, 0.15) is 31.4 Å². The number of carbonyl (C=O) groups is 1. The van der Waals surface area contributed by atoms with Crippen molar-refractivity contribution in [1.82, 2.24) is 14.8 Å². The molecule has 0 aliphatic carbocycles. The summed E-state index contributed by atoms with van der Waals surface area (Å²) >= 11 is 5.99. The van der Waals surface area contributed by atoms with E-state index < -0.39 is 11.9 Å². The van der Waals surface area contributed by atoms with Crippen molar-refractivity contribution in [2.75, 3.05) is 50.0 Å². The molecule has 3 heterocycles. The van der Waals surface area contributed by atoms with Crippen molar-refractivity contribution < 1.29 is 18.0 Å². The molecule has 1 aromatic heterocycles. The van der Waals surface area contributed by atoms with Gasteiger partial charge in [-0.15, -0.1) is 0 Å². The number of nitrogens with one attached hydrogen (secondary N) is 1. The smallest absolute Gasteiger partial charge is 0.382 e. The lowest BCUT2D eigenvalue weighted by molar-refractivity contribution is -0.141. The Hall–Kier alpha value is -2.68. The zero-order valence-electron chi connectivity index (χ0n) is 19.8. The number of halogens is 4. The number of benzene rings is 1. The molecular formula is C25H31ClF3N5O. The van der Waals surface area contributed by atoms with Crippen LogP contribution in [0.15, 0.2) is 42.6 Å². The topological polar surface area (TPSA) is 51.7 Å². The Bertz CT molecular complexity index is 987. The van der Waals surface area contributed by atoms with Gasteiger partial charge in [-0.25, -0.2) is 4.79 Å². The van der Waals surface area contributed by atoms with Crippen molar-refractivity contribution >= 4 is 29.0 Å². The largest absolute Gasteiger partial charge is 0.433 e. The summed E-state index contributed by atoms with van der Waals surface area (Å²) in [5.74, 6) is 0.459. The molecule has 1 N–H and O–H groups in total. The quantitative estimate of drug-likeness (QED) is 0.570. The number of carbonyl (C=O) groups excluding carboxylic acids is 1. The van der Waals surface area contributed by atoms with Crippen molar-refractivity contribution in [3.8, 4) is 0 Å². The van der Waals surface area contributed by atoms with Crippen LogP contribution in [-0.4, -0.2) is 66.6 Å². The summed E-state index contributed by atoms with van der Waals surface area (Å²) in [5, 5.41) is 3.90. The number of hydrogen-bond donors (Lipinski definition) is 1. The van der Waals surface area contributed by atoms with Gasteiger partial charge in [0.25, 0.3) is 0 Å².